The summed E-state index contributed by atoms with van der Waals surface area (Å²) in [5, 5.41) is 12.3. The fourth-order valence-corrected chi connectivity index (χ4v) is 3.41. The third kappa shape index (κ3) is 3.37. The number of rotatable bonds is 4. The van der Waals surface area contributed by atoms with Gasteiger partial charge in [0, 0.05) is 32.2 Å². The minimum absolute atomic E-state index is 0.0336. The average molecular weight is 390 g/mol. The first-order valence-corrected chi connectivity index (χ1v) is 9.26. The lowest BCUT2D eigenvalue weighted by atomic mass is 10.3. The minimum atomic E-state index is 0.0336. The van der Waals surface area contributed by atoms with E-state index in [-0.39, 0.29) is 12.5 Å². The van der Waals surface area contributed by atoms with E-state index in [2.05, 4.69) is 35.3 Å². The minimum Gasteiger partial charge on any atom is -0.353 e. The van der Waals surface area contributed by atoms with Gasteiger partial charge in [-0.3, -0.25) is 4.79 Å². The maximum Gasteiger partial charge on any atom is 0.244 e. The molecule has 1 amide bonds. The van der Waals surface area contributed by atoms with Crippen LogP contribution in [-0.4, -0.2) is 76.7 Å². The Morgan fingerprint density at radius 3 is 2.66 bits per heavy atom. The fourth-order valence-electron chi connectivity index (χ4n) is 3.41. The summed E-state index contributed by atoms with van der Waals surface area (Å²) in [6.07, 6.45) is 4.57. The molecular formula is C18H18N10O. The van der Waals surface area contributed by atoms with Crippen molar-refractivity contribution in [1.29, 1.82) is 0 Å². The van der Waals surface area contributed by atoms with Crippen LogP contribution in [0.15, 0.2) is 49.3 Å². The van der Waals surface area contributed by atoms with Crippen LogP contribution < -0.4 is 4.90 Å². The molecule has 0 saturated carbocycles. The maximum atomic E-state index is 12.7. The Labute approximate surface area is 165 Å². The third-order valence-corrected chi connectivity index (χ3v) is 4.95. The number of carbonyl (C=O) groups excluding carboxylic acids is 1. The van der Waals surface area contributed by atoms with Gasteiger partial charge >= 0.3 is 0 Å². The van der Waals surface area contributed by atoms with Crippen molar-refractivity contribution in [2.75, 3.05) is 31.1 Å². The lowest BCUT2D eigenvalue weighted by Crippen LogP contribution is -2.50. The number of anilines is 1. The van der Waals surface area contributed by atoms with E-state index < -0.39 is 0 Å². The molecule has 11 nitrogen and oxygen atoms in total. The molecule has 1 aromatic carbocycles. The number of amides is 1. The van der Waals surface area contributed by atoms with Crippen LogP contribution in [0.4, 0.5) is 5.82 Å². The number of piperazine rings is 1. The van der Waals surface area contributed by atoms with E-state index in [1.54, 1.807) is 15.7 Å². The van der Waals surface area contributed by atoms with Crippen LogP contribution in [0, 0.1) is 0 Å². The van der Waals surface area contributed by atoms with Crippen molar-refractivity contribution in [2.45, 2.75) is 6.54 Å². The maximum absolute atomic E-state index is 12.7. The predicted octanol–water partition coefficient (Wildman–Crippen LogP) is 0.151. The molecule has 1 saturated heterocycles. The summed E-state index contributed by atoms with van der Waals surface area (Å²) < 4.78 is 3.24. The molecule has 1 fully saturated rings. The third-order valence-electron chi connectivity index (χ3n) is 4.95. The summed E-state index contributed by atoms with van der Waals surface area (Å²) in [6, 6.07) is 9.50. The van der Waals surface area contributed by atoms with Crippen LogP contribution in [0.25, 0.3) is 16.9 Å². The van der Waals surface area contributed by atoms with Crippen LogP contribution in [0.5, 0.6) is 0 Å². The highest BCUT2D eigenvalue weighted by molar-refractivity contribution is 5.80. The molecule has 0 spiro atoms. The number of benzene rings is 1. The number of hydrogen-bond donors (Lipinski definition) is 0. The average Bonchev–Trinajstić information content (AvgIpc) is 3.45. The van der Waals surface area contributed by atoms with Gasteiger partial charge in [-0.15, -0.1) is 5.10 Å². The highest BCUT2D eigenvalue weighted by Crippen LogP contribution is 2.16. The van der Waals surface area contributed by atoms with E-state index in [0.29, 0.717) is 32.0 Å². The second-order valence-corrected chi connectivity index (χ2v) is 6.68. The smallest absolute Gasteiger partial charge is 0.244 e. The fraction of sp³-hybridized carbons (Fsp3) is 0.278. The van der Waals surface area contributed by atoms with Crippen molar-refractivity contribution >= 4 is 22.8 Å². The molecular weight excluding hydrogens is 372 g/mol. The number of fused-ring (bicyclic) bond motifs is 1. The zero-order chi connectivity index (χ0) is 19.6. The summed E-state index contributed by atoms with van der Waals surface area (Å²) in [5.74, 6) is 1.50. The second-order valence-electron chi connectivity index (χ2n) is 6.68. The van der Waals surface area contributed by atoms with Gasteiger partial charge < -0.3 is 9.80 Å². The van der Waals surface area contributed by atoms with E-state index >= 15 is 0 Å². The molecule has 3 aromatic heterocycles. The van der Waals surface area contributed by atoms with Crippen molar-refractivity contribution < 1.29 is 4.79 Å². The number of carbonyl (C=O) groups is 1. The van der Waals surface area contributed by atoms with E-state index in [1.165, 1.54) is 12.7 Å². The molecule has 1 aliphatic rings. The Bertz CT molecular complexity index is 1130. The molecule has 0 radical (unpaired) electrons. The number of hydrogen-bond acceptors (Lipinski definition) is 8. The van der Waals surface area contributed by atoms with Gasteiger partial charge in [-0.05, 0) is 12.1 Å². The molecule has 1 aliphatic heterocycles. The van der Waals surface area contributed by atoms with Crippen LogP contribution in [0.2, 0.25) is 0 Å². The highest BCUT2D eigenvalue weighted by atomic mass is 16.2. The summed E-state index contributed by atoms with van der Waals surface area (Å²) >= 11 is 0. The molecule has 5 rings (SSSR count). The first-order chi connectivity index (χ1) is 14.3. The molecule has 0 atom stereocenters. The molecule has 0 N–H and O–H groups in total. The molecule has 4 aromatic rings. The molecule has 0 unspecified atom stereocenters. The van der Waals surface area contributed by atoms with Crippen LogP contribution in [-0.2, 0) is 11.3 Å². The van der Waals surface area contributed by atoms with Gasteiger partial charge in [0.2, 0.25) is 5.91 Å². The van der Waals surface area contributed by atoms with E-state index in [0.717, 1.165) is 16.9 Å². The first-order valence-electron chi connectivity index (χ1n) is 9.26. The van der Waals surface area contributed by atoms with Gasteiger partial charge in [0.1, 0.15) is 36.9 Å². The van der Waals surface area contributed by atoms with Gasteiger partial charge in [-0.25, -0.2) is 24.3 Å². The normalized spacial score (nSPS) is 14.5. The topological polar surface area (TPSA) is 111 Å². The van der Waals surface area contributed by atoms with Gasteiger partial charge in [-0.1, -0.05) is 17.3 Å². The number of para-hydroxylation sites is 1. The predicted molar refractivity (Wildman–Crippen MR) is 103 cm³/mol. The van der Waals surface area contributed by atoms with Crippen LogP contribution in [0.1, 0.15) is 0 Å². The Kier molecular flexibility index (Phi) is 4.31. The molecule has 146 valence electrons. The van der Waals surface area contributed by atoms with Crippen molar-refractivity contribution in [3.63, 3.8) is 0 Å². The van der Waals surface area contributed by atoms with E-state index in [1.807, 2.05) is 35.2 Å². The number of nitrogens with zero attached hydrogens (tertiary/aromatic N) is 10. The highest BCUT2D eigenvalue weighted by Gasteiger charge is 2.23. The van der Waals surface area contributed by atoms with Gasteiger partial charge in [0.15, 0.2) is 5.82 Å². The van der Waals surface area contributed by atoms with Crippen LogP contribution >= 0.6 is 0 Å². The van der Waals surface area contributed by atoms with Crippen molar-refractivity contribution in [3.8, 4) is 5.82 Å². The van der Waals surface area contributed by atoms with Gasteiger partial charge in [0.05, 0.1) is 5.52 Å². The molecule has 0 bridgehead atoms. The summed E-state index contributed by atoms with van der Waals surface area (Å²) in [7, 11) is 0. The summed E-state index contributed by atoms with van der Waals surface area (Å²) in [5.41, 5.74) is 1.65. The summed E-state index contributed by atoms with van der Waals surface area (Å²) in [6.45, 7) is 2.81. The Hall–Kier alpha value is -3.89. The molecule has 29 heavy (non-hydrogen) atoms. The first kappa shape index (κ1) is 17.2. The van der Waals surface area contributed by atoms with E-state index in [4.69, 9.17) is 0 Å². The van der Waals surface area contributed by atoms with Gasteiger partial charge in [0.25, 0.3) is 0 Å². The standard InChI is InChI=1S/C18H18N10O/c29-18(10-27-15-4-2-1-3-14(15)23-24-27)26-7-5-25(6-8-26)16-9-17(21-12-20-16)28-13-19-11-22-28/h1-4,9,11-13H,5-8,10H2. The zero-order valence-corrected chi connectivity index (χ0v) is 15.5. The molecule has 4 heterocycles. The van der Waals surface area contributed by atoms with E-state index in [9.17, 15) is 4.79 Å². The Balaban J connectivity index is 1.23. The SMILES string of the molecule is O=C(Cn1nnc2ccccc21)N1CCN(c2cc(-n3cncn3)ncn2)CC1. The van der Waals surface area contributed by atoms with Crippen molar-refractivity contribution in [2.24, 2.45) is 0 Å². The molecule has 0 aliphatic carbocycles. The second kappa shape index (κ2) is 7.26. The number of aromatic nitrogens is 8. The Morgan fingerprint density at radius 1 is 1.00 bits per heavy atom. The largest absolute Gasteiger partial charge is 0.353 e. The quantitative estimate of drug-likeness (QED) is 0.484. The van der Waals surface area contributed by atoms with Crippen molar-refractivity contribution in [3.05, 3.63) is 49.3 Å². The van der Waals surface area contributed by atoms with Crippen molar-refractivity contribution in [1.82, 2.24) is 44.6 Å². The zero-order valence-electron chi connectivity index (χ0n) is 15.5. The monoisotopic (exact) mass is 390 g/mol. The lowest BCUT2D eigenvalue weighted by Gasteiger charge is -2.35. The van der Waals surface area contributed by atoms with Gasteiger partial charge in [-0.2, -0.15) is 5.10 Å². The lowest BCUT2D eigenvalue weighted by molar-refractivity contribution is -0.132. The molecule has 11 heteroatoms. The summed E-state index contributed by atoms with van der Waals surface area (Å²) in [4.78, 5) is 29.3. The van der Waals surface area contributed by atoms with Crippen LogP contribution in [0.3, 0.4) is 0 Å². The Morgan fingerprint density at radius 2 is 1.83 bits per heavy atom.